The van der Waals surface area contributed by atoms with Gasteiger partial charge in [-0.05, 0) is 56.2 Å². The summed E-state index contributed by atoms with van der Waals surface area (Å²) in [5.74, 6) is -1.12. The average Bonchev–Trinajstić information content (AvgIpc) is 3.29. The lowest BCUT2D eigenvalue weighted by Crippen LogP contribution is -2.43. The minimum absolute atomic E-state index is 0.00943. The van der Waals surface area contributed by atoms with Crippen molar-refractivity contribution in [1.29, 1.82) is 0 Å². The highest BCUT2D eigenvalue weighted by Crippen LogP contribution is 2.21. The Kier molecular flexibility index (Phi) is 8.50. The van der Waals surface area contributed by atoms with Crippen LogP contribution in [-0.2, 0) is 22.4 Å². The van der Waals surface area contributed by atoms with E-state index in [1.165, 1.54) is 5.56 Å². The predicted octanol–water partition coefficient (Wildman–Crippen LogP) is 2.84. The van der Waals surface area contributed by atoms with Gasteiger partial charge in [0, 0.05) is 36.1 Å². The molecule has 5 N–H and O–H groups in total. The minimum atomic E-state index is -1.22. The molecule has 1 aliphatic heterocycles. The molecule has 0 bridgehead atoms. The van der Waals surface area contributed by atoms with Gasteiger partial charge in [0.25, 0.3) is 5.91 Å². The Morgan fingerprint density at radius 3 is 2.78 bits per heavy atom. The van der Waals surface area contributed by atoms with Crippen molar-refractivity contribution in [3.8, 4) is 0 Å². The third kappa shape index (κ3) is 6.52. The topological polar surface area (TPSA) is 153 Å². The van der Waals surface area contributed by atoms with Crippen LogP contribution in [0.3, 0.4) is 0 Å². The van der Waals surface area contributed by atoms with E-state index in [4.69, 9.17) is 0 Å². The molecule has 1 aromatic carbocycles. The van der Waals surface area contributed by atoms with Gasteiger partial charge in [0.2, 0.25) is 5.91 Å². The van der Waals surface area contributed by atoms with E-state index in [9.17, 15) is 24.3 Å². The van der Waals surface area contributed by atoms with E-state index in [1.807, 2.05) is 6.07 Å². The van der Waals surface area contributed by atoms with Crippen LogP contribution in [0, 0.1) is 0 Å². The molecule has 37 heavy (non-hydrogen) atoms. The quantitative estimate of drug-likeness (QED) is 0.187. The Labute approximate surface area is 214 Å². The predicted molar refractivity (Wildman–Crippen MR) is 139 cm³/mol. The average molecular weight is 506 g/mol. The molecule has 0 spiro atoms. The van der Waals surface area contributed by atoms with Crippen LogP contribution in [0.15, 0.2) is 36.4 Å². The number of para-hydroxylation sites is 1. The summed E-state index contributed by atoms with van der Waals surface area (Å²) in [5.41, 5.74) is 3.04. The number of amides is 2. The van der Waals surface area contributed by atoms with Crippen LogP contribution < -0.4 is 16.0 Å². The largest absolute Gasteiger partial charge is 0.480 e. The number of aldehydes is 1. The van der Waals surface area contributed by atoms with E-state index < -0.39 is 17.9 Å². The maximum absolute atomic E-state index is 12.7. The molecular formula is C27H31N5O5. The summed E-state index contributed by atoms with van der Waals surface area (Å²) in [5, 5.41) is 18.6. The number of rotatable bonds is 12. The number of aliphatic carboxylic acids is 1. The van der Waals surface area contributed by atoms with E-state index in [-0.39, 0.29) is 30.1 Å². The number of carbonyl (C=O) groups is 4. The van der Waals surface area contributed by atoms with Gasteiger partial charge in [-0.25, -0.2) is 9.78 Å². The lowest BCUT2D eigenvalue weighted by molar-refractivity contribution is -0.139. The van der Waals surface area contributed by atoms with Crippen molar-refractivity contribution in [2.24, 2.45) is 0 Å². The standard InChI is InChI=1S/C27H31N5O5/c33-16-20-19-8-2-3-9-21(19)31-24(20)26(35)32-22(27(36)37)13-15-28-23(34)10-4-1-7-18-12-11-17-6-5-14-29-25(17)30-18/h2-3,8-9,11-12,16,22,31H,1,4-7,10,13-15H2,(H,28,34)(H,29,30)(H,32,35)(H,36,37)/t22-/m0/s1. The Balaban J connectivity index is 1.20. The number of hydrogen-bond acceptors (Lipinski definition) is 6. The summed E-state index contributed by atoms with van der Waals surface area (Å²) >= 11 is 0. The summed E-state index contributed by atoms with van der Waals surface area (Å²) in [6.07, 6.45) is 5.36. The fourth-order valence-corrected chi connectivity index (χ4v) is 4.50. The molecule has 10 heteroatoms. The van der Waals surface area contributed by atoms with Gasteiger partial charge < -0.3 is 26.0 Å². The molecular weight excluding hydrogens is 474 g/mol. The van der Waals surface area contributed by atoms with E-state index in [0.29, 0.717) is 30.0 Å². The fourth-order valence-electron chi connectivity index (χ4n) is 4.50. The van der Waals surface area contributed by atoms with Gasteiger partial charge in [-0.2, -0.15) is 0 Å². The number of aromatic nitrogens is 2. The van der Waals surface area contributed by atoms with Crippen LogP contribution in [0.5, 0.6) is 0 Å². The summed E-state index contributed by atoms with van der Waals surface area (Å²) in [7, 11) is 0. The normalized spacial score (nSPS) is 13.3. The monoisotopic (exact) mass is 505 g/mol. The second-order valence-corrected chi connectivity index (χ2v) is 9.13. The highest BCUT2D eigenvalue weighted by Gasteiger charge is 2.24. The van der Waals surface area contributed by atoms with Gasteiger partial charge in [-0.3, -0.25) is 14.4 Å². The first-order valence-corrected chi connectivity index (χ1v) is 12.5. The molecule has 10 nitrogen and oxygen atoms in total. The minimum Gasteiger partial charge on any atom is -0.480 e. The lowest BCUT2D eigenvalue weighted by atomic mass is 10.1. The number of nitrogens with one attached hydrogen (secondary N) is 4. The summed E-state index contributed by atoms with van der Waals surface area (Å²) in [4.78, 5) is 55.7. The Bertz CT molecular complexity index is 1300. The Morgan fingerprint density at radius 1 is 1.14 bits per heavy atom. The Morgan fingerprint density at radius 2 is 1.97 bits per heavy atom. The number of carboxylic acids is 1. The van der Waals surface area contributed by atoms with Crippen LogP contribution in [0.2, 0.25) is 0 Å². The van der Waals surface area contributed by atoms with Crippen molar-refractivity contribution in [3.63, 3.8) is 0 Å². The number of H-pyrrole nitrogens is 1. The van der Waals surface area contributed by atoms with Gasteiger partial charge >= 0.3 is 5.97 Å². The third-order valence-corrected chi connectivity index (χ3v) is 6.49. The van der Waals surface area contributed by atoms with E-state index in [1.54, 1.807) is 24.3 Å². The van der Waals surface area contributed by atoms with Gasteiger partial charge in [0.05, 0.1) is 5.56 Å². The molecule has 0 saturated heterocycles. The molecule has 1 aliphatic rings. The van der Waals surface area contributed by atoms with Crippen LogP contribution in [0.4, 0.5) is 5.82 Å². The number of hydrogen-bond donors (Lipinski definition) is 5. The zero-order valence-electron chi connectivity index (χ0n) is 20.5. The fraction of sp³-hybridized carbons (Fsp3) is 0.370. The van der Waals surface area contributed by atoms with Crippen molar-refractivity contribution >= 4 is 40.8 Å². The maximum atomic E-state index is 12.7. The van der Waals surface area contributed by atoms with Crippen molar-refractivity contribution in [1.82, 2.24) is 20.6 Å². The maximum Gasteiger partial charge on any atom is 0.326 e. The van der Waals surface area contributed by atoms with E-state index in [2.05, 4.69) is 32.0 Å². The smallest absolute Gasteiger partial charge is 0.326 e. The first kappa shape index (κ1) is 25.9. The van der Waals surface area contributed by atoms with Gasteiger partial charge in [0.1, 0.15) is 17.6 Å². The SMILES string of the molecule is O=Cc1c(C(=O)N[C@@H](CCNC(=O)CCCCc2ccc3c(n2)NCCC3)C(=O)O)[nH]c2ccccc12. The number of benzene rings is 1. The molecule has 2 aromatic heterocycles. The number of aromatic amines is 1. The number of pyridine rings is 1. The van der Waals surface area contributed by atoms with E-state index >= 15 is 0 Å². The highest BCUT2D eigenvalue weighted by atomic mass is 16.4. The molecule has 194 valence electrons. The molecule has 1 atom stereocenters. The highest BCUT2D eigenvalue weighted by molar-refractivity contribution is 6.10. The lowest BCUT2D eigenvalue weighted by Gasteiger charge is -2.17. The molecule has 0 aliphatic carbocycles. The second kappa shape index (κ2) is 12.2. The van der Waals surface area contributed by atoms with Crippen molar-refractivity contribution in [2.75, 3.05) is 18.4 Å². The third-order valence-electron chi connectivity index (χ3n) is 6.49. The van der Waals surface area contributed by atoms with Crippen molar-refractivity contribution < 1.29 is 24.3 Å². The van der Waals surface area contributed by atoms with Crippen LogP contribution in [0.25, 0.3) is 10.9 Å². The number of aryl methyl sites for hydroxylation is 2. The molecule has 0 saturated carbocycles. The Hall–Kier alpha value is -4.21. The zero-order chi connectivity index (χ0) is 26.2. The van der Waals surface area contributed by atoms with Gasteiger partial charge in [-0.1, -0.05) is 24.3 Å². The van der Waals surface area contributed by atoms with Crippen LogP contribution >= 0.6 is 0 Å². The molecule has 3 heterocycles. The molecule has 0 fully saturated rings. The summed E-state index contributed by atoms with van der Waals surface area (Å²) in [6, 6.07) is 9.88. The molecule has 4 rings (SSSR count). The summed E-state index contributed by atoms with van der Waals surface area (Å²) in [6.45, 7) is 1.04. The number of anilines is 1. The molecule has 0 radical (unpaired) electrons. The molecule has 0 unspecified atom stereocenters. The summed E-state index contributed by atoms with van der Waals surface area (Å²) < 4.78 is 0. The van der Waals surface area contributed by atoms with Gasteiger partial charge in [0.15, 0.2) is 6.29 Å². The van der Waals surface area contributed by atoms with Crippen LogP contribution in [-0.4, -0.2) is 58.3 Å². The second-order valence-electron chi connectivity index (χ2n) is 9.13. The zero-order valence-corrected chi connectivity index (χ0v) is 20.5. The van der Waals surface area contributed by atoms with E-state index in [0.717, 1.165) is 43.7 Å². The number of carbonyl (C=O) groups excluding carboxylic acids is 3. The van der Waals surface area contributed by atoms with Crippen molar-refractivity contribution in [2.45, 2.75) is 51.0 Å². The van der Waals surface area contributed by atoms with Gasteiger partial charge in [-0.15, -0.1) is 0 Å². The number of unbranched alkanes of at least 4 members (excludes halogenated alkanes) is 1. The first-order chi connectivity index (χ1) is 18.0. The van der Waals surface area contributed by atoms with Crippen molar-refractivity contribution in [3.05, 3.63) is 58.9 Å². The molecule has 3 aromatic rings. The van der Waals surface area contributed by atoms with Crippen LogP contribution in [0.1, 0.15) is 64.2 Å². The number of nitrogens with zero attached hydrogens (tertiary/aromatic N) is 1. The first-order valence-electron chi connectivity index (χ1n) is 12.5. The number of fused-ring (bicyclic) bond motifs is 2. The number of carboxylic acid groups (broad SMARTS) is 1. The molecule has 2 amide bonds.